The van der Waals surface area contributed by atoms with Gasteiger partial charge in [0.1, 0.15) is 0 Å². The molecule has 2 aromatic carbocycles. The smallest absolute Gasteiger partial charge is 0.418 e. The van der Waals surface area contributed by atoms with Crippen LogP contribution in [0.25, 0.3) is 5.69 Å². The standard InChI is InChI=1S/C22H20F3N3O4/c1-3-27(15-9-5-4-6-10-15)20(30)14(2)32-21(31)19-18(29)13-28(26-19)17-12-8-7-11-16(17)22(23,24)25/h4-14,29H,3H2,1-2H3/t14-/m0/s1. The SMILES string of the molecule is CCN(C(=O)[C@H](C)OC(=O)c1nn(-c2ccccc2C(F)(F)F)cc1O)c1ccccc1. The molecular weight excluding hydrogens is 427 g/mol. The number of ether oxygens (including phenoxy) is 1. The van der Waals surface area contributed by atoms with Gasteiger partial charge >= 0.3 is 12.1 Å². The molecule has 10 heteroatoms. The molecule has 0 saturated heterocycles. The van der Waals surface area contributed by atoms with Crippen molar-refractivity contribution in [1.82, 2.24) is 9.78 Å². The molecule has 0 aliphatic carbocycles. The summed E-state index contributed by atoms with van der Waals surface area (Å²) in [6.45, 7) is 3.43. The fraction of sp³-hybridized carbons (Fsp3) is 0.227. The van der Waals surface area contributed by atoms with E-state index in [4.69, 9.17) is 4.74 Å². The number of hydrogen-bond donors (Lipinski definition) is 1. The molecule has 0 fully saturated rings. The highest BCUT2D eigenvalue weighted by Gasteiger charge is 2.34. The van der Waals surface area contributed by atoms with E-state index in [2.05, 4.69) is 5.10 Å². The monoisotopic (exact) mass is 447 g/mol. The Balaban J connectivity index is 1.81. The summed E-state index contributed by atoms with van der Waals surface area (Å²) in [6.07, 6.45) is -5.02. The van der Waals surface area contributed by atoms with E-state index < -0.39 is 41.2 Å². The molecule has 1 heterocycles. The van der Waals surface area contributed by atoms with E-state index in [1.165, 1.54) is 24.0 Å². The summed E-state index contributed by atoms with van der Waals surface area (Å²) in [6, 6.07) is 13.3. The lowest BCUT2D eigenvalue weighted by atomic mass is 10.2. The van der Waals surface area contributed by atoms with Crippen molar-refractivity contribution >= 4 is 17.6 Å². The largest absolute Gasteiger partial charge is 0.504 e. The highest BCUT2D eigenvalue weighted by Crippen LogP contribution is 2.34. The number of nitrogens with zero attached hydrogens (tertiary/aromatic N) is 3. The van der Waals surface area contributed by atoms with Crippen molar-refractivity contribution in [2.75, 3.05) is 11.4 Å². The van der Waals surface area contributed by atoms with Crippen LogP contribution in [0.3, 0.4) is 0 Å². The Bertz CT molecular complexity index is 1110. The van der Waals surface area contributed by atoms with Crippen molar-refractivity contribution in [3.63, 3.8) is 0 Å². The van der Waals surface area contributed by atoms with Gasteiger partial charge in [0.15, 0.2) is 11.9 Å². The summed E-state index contributed by atoms with van der Waals surface area (Å²) in [5.41, 5.74) is -1.37. The van der Waals surface area contributed by atoms with Gasteiger partial charge in [-0.25, -0.2) is 9.48 Å². The minimum atomic E-state index is -4.67. The molecule has 3 rings (SSSR count). The van der Waals surface area contributed by atoms with Crippen LogP contribution in [-0.4, -0.2) is 39.4 Å². The van der Waals surface area contributed by atoms with Crippen LogP contribution in [0.4, 0.5) is 18.9 Å². The van der Waals surface area contributed by atoms with Gasteiger partial charge in [0, 0.05) is 12.2 Å². The Morgan fingerprint density at radius 1 is 1.12 bits per heavy atom. The van der Waals surface area contributed by atoms with E-state index in [-0.39, 0.29) is 5.69 Å². The summed E-state index contributed by atoms with van der Waals surface area (Å²) in [5.74, 6) is -2.33. The normalized spacial score (nSPS) is 12.3. The van der Waals surface area contributed by atoms with Gasteiger partial charge in [-0.05, 0) is 38.1 Å². The van der Waals surface area contributed by atoms with Gasteiger partial charge in [0.2, 0.25) is 5.69 Å². The molecule has 0 bridgehead atoms. The first-order valence-corrected chi connectivity index (χ1v) is 9.66. The van der Waals surface area contributed by atoms with Crippen LogP contribution in [0.1, 0.15) is 29.9 Å². The molecule has 0 aliphatic rings. The maximum absolute atomic E-state index is 13.3. The zero-order chi connectivity index (χ0) is 23.5. The van der Waals surface area contributed by atoms with Crippen LogP contribution >= 0.6 is 0 Å². The van der Waals surface area contributed by atoms with E-state index in [1.54, 1.807) is 37.3 Å². The highest BCUT2D eigenvalue weighted by molar-refractivity contribution is 5.99. The Morgan fingerprint density at radius 2 is 1.75 bits per heavy atom. The van der Waals surface area contributed by atoms with Gasteiger partial charge in [0.05, 0.1) is 17.4 Å². The van der Waals surface area contributed by atoms with E-state index in [1.807, 2.05) is 0 Å². The number of esters is 1. The number of anilines is 1. The lowest BCUT2D eigenvalue weighted by molar-refractivity contribution is -0.137. The van der Waals surface area contributed by atoms with Crippen LogP contribution < -0.4 is 4.90 Å². The molecule has 32 heavy (non-hydrogen) atoms. The highest BCUT2D eigenvalue weighted by atomic mass is 19.4. The molecule has 0 saturated carbocycles. The summed E-state index contributed by atoms with van der Waals surface area (Å²) in [4.78, 5) is 26.7. The number of carbonyl (C=O) groups is 2. The summed E-state index contributed by atoms with van der Waals surface area (Å²) in [7, 11) is 0. The van der Waals surface area contributed by atoms with Crippen LogP contribution in [0.2, 0.25) is 0 Å². The van der Waals surface area contributed by atoms with Crippen LogP contribution in [-0.2, 0) is 15.7 Å². The maximum atomic E-state index is 13.3. The zero-order valence-electron chi connectivity index (χ0n) is 17.2. The number of likely N-dealkylation sites (N-methyl/N-ethyl adjacent to an activating group) is 1. The first kappa shape index (κ1) is 22.9. The fourth-order valence-electron chi connectivity index (χ4n) is 3.11. The number of carbonyl (C=O) groups excluding carboxylic acids is 2. The summed E-state index contributed by atoms with van der Waals surface area (Å²) < 4.78 is 45.7. The van der Waals surface area contributed by atoms with Gasteiger partial charge in [-0.3, -0.25) is 4.79 Å². The molecule has 0 spiro atoms. The predicted octanol–water partition coefficient (Wildman–Crippen LogP) is 4.20. The lowest BCUT2D eigenvalue weighted by Crippen LogP contribution is -2.40. The van der Waals surface area contributed by atoms with Crippen LogP contribution in [0.5, 0.6) is 5.75 Å². The summed E-state index contributed by atoms with van der Waals surface area (Å²) >= 11 is 0. The molecule has 0 unspecified atom stereocenters. The quantitative estimate of drug-likeness (QED) is 0.573. The van der Waals surface area contributed by atoms with Gasteiger partial charge in [-0.15, -0.1) is 0 Å². The topological polar surface area (TPSA) is 84.7 Å². The second kappa shape index (κ2) is 9.13. The average molecular weight is 447 g/mol. The van der Waals surface area contributed by atoms with Gasteiger partial charge in [-0.2, -0.15) is 18.3 Å². The lowest BCUT2D eigenvalue weighted by Gasteiger charge is -2.24. The van der Waals surface area contributed by atoms with Gasteiger partial charge < -0.3 is 14.7 Å². The minimum absolute atomic E-state index is 0.318. The number of halogens is 3. The number of benzene rings is 2. The molecule has 168 valence electrons. The van der Waals surface area contributed by atoms with Crippen molar-refractivity contribution < 1.29 is 32.6 Å². The third-order valence-electron chi connectivity index (χ3n) is 4.63. The number of aromatic nitrogens is 2. The van der Waals surface area contributed by atoms with E-state index in [0.717, 1.165) is 23.0 Å². The van der Waals surface area contributed by atoms with Crippen molar-refractivity contribution in [2.24, 2.45) is 0 Å². The van der Waals surface area contributed by atoms with Gasteiger partial charge in [-0.1, -0.05) is 30.3 Å². The molecule has 7 nitrogen and oxygen atoms in total. The number of amides is 1. The van der Waals surface area contributed by atoms with Crippen molar-refractivity contribution in [3.05, 3.63) is 72.1 Å². The fourth-order valence-corrected chi connectivity index (χ4v) is 3.11. The average Bonchev–Trinajstić information content (AvgIpc) is 3.16. The molecule has 1 amide bonds. The minimum Gasteiger partial charge on any atom is -0.504 e. The second-order valence-electron chi connectivity index (χ2n) is 6.79. The Hall–Kier alpha value is -3.82. The molecule has 1 N–H and O–H groups in total. The number of hydrogen-bond acceptors (Lipinski definition) is 5. The van der Waals surface area contributed by atoms with E-state index >= 15 is 0 Å². The maximum Gasteiger partial charge on any atom is 0.418 e. The van der Waals surface area contributed by atoms with E-state index in [0.29, 0.717) is 12.2 Å². The van der Waals surface area contributed by atoms with Crippen LogP contribution in [0.15, 0.2) is 60.8 Å². The first-order valence-electron chi connectivity index (χ1n) is 9.66. The number of rotatable bonds is 6. The number of alkyl halides is 3. The third-order valence-corrected chi connectivity index (χ3v) is 4.63. The molecule has 3 aromatic rings. The van der Waals surface area contributed by atoms with Crippen molar-refractivity contribution in [3.8, 4) is 11.4 Å². The Morgan fingerprint density at radius 3 is 2.38 bits per heavy atom. The number of aromatic hydroxyl groups is 1. The number of para-hydroxylation sites is 2. The molecule has 0 radical (unpaired) electrons. The Kier molecular flexibility index (Phi) is 6.52. The first-order chi connectivity index (χ1) is 15.1. The Labute approximate surface area is 181 Å². The summed E-state index contributed by atoms with van der Waals surface area (Å²) in [5, 5.41) is 13.8. The third kappa shape index (κ3) is 4.74. The zero-order valence-corrected chi connectivity index (χ0v) is 17.2. The predicted molar refractivity (Wildman–Crippen MR) is 110 cm³/mol. The van der Waals surface area contributed by atoms with Crippen molar-refractivity contribution in [2.45, 2.75) is 26.1 Å². The molecule has 1 atom stereocenters. The molecular formula is C22H20F3N3O4. The van der Waals surface area contributed by atoms with Crippen LogP contribution in [0, 0.1) is 0 Å². The van der Waals surface area contributed by atoms with Gasteiger partial charge in [0.25, 0.3) is 5.91 Å². The molecule has 0 aliphatic heterocycles. The second-order valence-corrected chi connectivity index (χ2v) is 6.79. The molecule has 1 aromatic heterocycles. The van der Waals surface area contributed by atoms with E-state index in [9.17, 15) is 27.9 Å². The van der Waals surface area contributed by atoms with Crippen molar-refractivity contribution in [1.29, 1.82) is 0 Å².